The lowest BCUT2D eigenvalue weighted by Crippen LogP contribution is -2.21. The predicted molar refractivity (Wildman–Crippen MR) is 42.8 cm³/mol. The van der Waals surface area contributed by atoms with E-state index in [2.05, 4.69) is 12.2 Å². The maximum Gasteiger partial charge on any atom is 0.219 e. The summed E-state index contributed by atoms with van der Waals surface area (Å²) in [6, 6.07) is 0. The summed E-state index contributed by atoms with van der Waals surface area (Å²) < 4.78 is 0. The maximum atomic E-state index is 10.8. The van der Waals surface area contributed by atoms with E-state index in [4.69, 9.17) is 0 Å². The maximum absolute atomic E-state index is 10.8. The van der Waals surface area contributed by atoms with Crippen LogP contribution < -0.4 is 5.32 Å². The topological polar surface area (TPSA) is 29.1 Å². The van der Waals surface area contributed by atoms with E-state index in [0.29, 0.717) is 6.42 Å². The molecular weight excluding hydrogens is 126 g/mol. The lowest BCUT2D eigenvalue weighted by atomic mass is 10.2. The first kappa shape index (κ1) is 9.47. The molecule has 0 heterocycles. The van der Waals surface area contributed by atoms with Gasteiger partial charge in [0.15, 0.2) is 0 Å². The lowest BCUT2D eigenvalue weighted by Gasteiger charge is -1.99. The normalized spacial score (nSPS) is 9.40. The third kappa shape index (κ3) is 5.60. The van der Waals surface area contributed by atoms with Crippen LogP contribution in [0.1, 0.15) is 39.5 Å². The van der Waals surface area contributed by atoms with Gasteiger partial charge in [-0.15, -0.1) is 0 Å². The SMILES string of the molecule is CCCCCC(=O)NCC. The first-order chi connectivity index (χ1) is 4.81. The quantitative estimate of drug-likeness (QED) is 0.583. The molecule has 0 spiro atoms. The van der Waals surface area contributed by atoms with Crippen LogP contribution >= 0.6 is 0 Å². The highest BCUT2D eigenvalue weighted by atomic mass is 16.1. The van der Waals surface area contributed by atoms with Crippen molar-refractivity contribution in [1.82, 2.24) is 5.32 Å². The van der Waals surface area contributed by atoms with E-state index in [1.807, 2.05) is 6.92 Å². The standard InChI is InChI=1S/C8H17NO/c1-3-5-6-7-8(10)9-4-2/h3-7H2,1-2H3,(H,9,10). The molecule has 0 rings (SSSR count). The minimum absolute atomic E-state index is 0.191. The molecule has 0 radical (unpaired) electrons. The van der Waals surface area contributed by atoms with Crippen LogP contribution in [0.3, 0.4) is 0 Å². The van der Waals surface area contributed by atoms with Crippen LogP contribution in [0.4, 0.5) is 0 Å². The Morgan fingerprint density at radius 3 is 2.50 bits per heavy atom. The number of hydrogen-bond acceptors (Lipinski definition) is 1. The minimum atomic E-state index is 0.191. The number of unbranched alkanes of at least 4 members (excludes halogenated alkanes) is 2. The van der Waals surface area contributed by atoms with Crippen LogP contribution in [0.2, 0.25) is 0 Å². The summed E-state index contributed by atoms with van der Waals surface area (Å²) in [5.41, 5.74) is 0. The summed E-state index contributed by atoms with van der Waals surface area (Å²) in [5.74, 6) is 0.191. The first-order valence-corrected chi connectivity index (χ1v) is 4.08. The Hall–Kier alpha value is -0.530. The smallest absolute Gasteiger partial charge is 0.219 e. The molecule has 0 fully saturated rings. The molecule has 10 heavy (non-hydrogen) atoms. The van der Waals surface area contributed by atoms with Gasteiger partial charge < -0.3 is 5.32 Å². The van der Waals surface area contributed by atoms with Gasteiger partial charge in [0.05, 0.1) is 0 Å². The fourth-order valence-electron chi connectivity index (χ4n) is 0.821. The molecule has 60 valence electrons. The molecule has 0 saturated carbocycles. The molecule has 1 amide bonds. The molecule has 0 unspecified atom stereocenters. The van der Waals surface area contributed by atoms with Crippen LogP contribution in [0.15, 0.2) is 0 Å². The van der Waals surface area contributed by atoms with E-state index in [1.165, 1.54) is 6.42 Å². The zero-order chi connectivity index (χ0) is 7.82. The average Bonchev–Trinajstić information content (AvgIpc) is 1.89. The minimum Gasteiger partial charge on any atom is -0.356 e. The van der Waals surface area contributed by atoms with Crippen molar-refractivity contribution in [1.29, 1.82) is 0 Å². The van der Waals surface area contributed by atoms with Gasteiger partial charge in [-0.2, -0.15) is 0 Å². The summed E-state index contributed by atoms with van der Waals surface area (Å²) in [5, 5.41) is 2.77. The largest absolute Gasteiger partial charge is 0.356 e. The Morgan fingerprint density at radius 1 is 1.30 bits per heavy atom. The van der Waals surface area contributed by atoms with Crippen molar-refractivity contribution in [2.24, 2.45) is 0 Å². The van der Waals surface area contributed by atoms with Gasteiger partial charge >= 0.3 is 0 Å². The van der Waals surface area contributed by atoms with Gasteiger partial charge in [0.2, 0.25) is 5.91 Å². The van der Waals surface area contributed by atoms with Crippen LogP contribution in [-0.2, 0) is 4.79 Å². The van der Waals surface area contributed by atoms with Crippen LogP contribution in [0, 0.1) is 0 Å². The van der Waals surface area contributed by atoms with E-state index < -0.39 is 0 Å². The second-order valence-corrected chi connectivity index (χ2v) is 2.41. The van der Waals surface area contributed by atoms with E-state index in [0.717, 1.165) is 19.4 Å². The Kier molecular flexibility index (Phi) is 6.24. The molecule has 0 bridgehead atoms. The molecule has 0 saturated heterocycles. The molecule has 0 aromatic carbocycles. The van der Waals surface area contributed by atoms with Crippen LogP contribution in [-0.4, -0.2) is 12.5 Å². The van der Waals surface area contributed by atoms with Gasteiger partial charge in [0, 0.05) is 13.0 Å². The van der Waals surface area contributed by atoms with Crippen molar-refractivity contribution in [3.8, 4) is 0 Å². The number of carbonyl (C=O) groups is 1. The number of hydrogen-bond donors (Lipinski definition) is 1. The monoisotopic (exact) mass is 143 g/mol. The van der Waals surface area contributed by atoms with Gasteiger partial charge in [-0.05, 0) is 13.3 Å². The first-order valence-electron chi connectivity index (χ1n) is 4.08. The van der Waals surface area contributed by atoms with Gasteiger partial charge in [0.1, 0.15) is 0 Å². The van der Waals surface area contributed by atoms with E-state index in [-0.39, 0.29) is 5.91 Å². The Morgan fingerprint density at radius 2 is 2.00 bits per heavy atom. The third-order valence-corrected chi connectivity index (χ3v) is 1.38. The molecule has 0 aliphatic heterocycles. The number of amides is 1. The van der Waals surface area contributed by atoms with Crippen molar-refractivity contribution in [2.45, 2.75) is 39.5 Å². The third-order valence-electron chi connectivity index (χ3n) is 1.38. The fourth-order valence-corrected chi connectivity index (χ4v) is 0.821. The average molecular weight is 143 g/mol. The van der Waals surface area contributed by atoms with Gasteiger partial charge in [-0.1, -0.05) is 19.8 Å². The predicted octanol–water partition coefficient (Wildman–Crippen LogP) is 1.70. The number of rotatable bonds is 5. The molecule has 1 N–H and O–H groups in total. The second-order valence-electron chi connectivity index (χ2n) is 2.41. The van der Waals surface area contributed by atoms with Crippen molar-refractivity contribution < 1.29 is 4.79 Å². The van der Waals surface area contributed by atoms with Crippen molar-refractivity contribution in [3.05, 3.63) is 0 Å². The molecule has 0 aromatic rings. The van der Waals surface area contributed by atoms with Gasteiger partial charge in [0.25, 0.3) is 0 Å². The van der Waals surface area contributed by atoms with Crippen molar-refractivity contribution in [2.75, 3.05) is 6.54 Å². The summed E-state index contributed by atoms with van der Waals surface area (Å²) in [4.78, 5) is 10.8. The Balaban J connectivity index is 3.05. The van der Waals surface area contributed by atoms with Gasteiger partial charge in [-0.3, -0.25) is 4.79 Å². The Bertz CT molecular complexity index is 91.3. The van der Waals surface area contributed by atoms with Crippen molar-refractivity contribution >= 4 is 5.91 Å². The molecule has 0 aromatic heterocycles. The van der Waals surface area contributed by atoms with E-state index in [9.17, 15) is 4.79 Å². The molecule has 0 atom stereocenters. The molecule has 2 heteroatoms. The second kappa shape index (κ2) is 6.59. The van der Waals surface area contributed by atoms with E-state index in [1.54, 1.807) is 0 Å². The molecule has 0 aliphatic rings. The highest BCUT2D eigenvalue weighted by Crippen LogP contribution is 1.97. The Labute approximate surface area is 63.0 Å². The fraction of sp³-hybridized carbons (Fsp3) is 0.875. The summed E-state index contributed by atoms with van der Waals surface area (Å²) in [6.07, 6.45) is 4.07. The van der Waals surface area contributed by atoms with E-state index >= 15 is 0 Å². The zero-order valence-corrected chi connectivity index (χ0v) is 6.94. The van der Waals surface area contributed by atoms with Crippen molar-refractivity contribution in [3.63, 3.8) is 0 Å². The van der Waals surface area contributed by atoms with Crippen LogP contribution in [0.25, 0.3) is 0 Å². The molecular formula is C8H17NO. The summed E-state index contributed by atoms with van der Waals surface area (Å²) in [7, 11) is 0. The summed E-state index contributed by atoms with van der Waals surface area (Å²) >= 11 is 0. The van der Waals surface area contributed by atoms with Crippen LogP contribution in [0.5, 0.6) is 0 Å². The highest BCUT2D eigenvalue weighted by Gasteiger charge is 1.96. The molecule has 0 aliphatic carbocycles. The number of carbonyl (C=O) groups excluding carboxylic acids is 1. The molecule has 2 nitrogen and oxygen atoms in total. The number of nitrogens with one attached hydrogen (secondary N) is 1. The summed E-state index contributed by atoms with van der Waals surface area (Å²) in [6.45, 7) is 4.83. The zero-order valence-electron chi connectivity index (χ0n) is 6.94. The van der Waals surface area contributed by atoms with Gasteiger partial charge in [-0.25, -0.2) is 0 Å². The lowest BCUT2D eigenvalue weighted by molar-refractivity contribution is -0.121. The highest BCUT2D eigenvalue weighted by molar-refractivity contribution is 5.75.